The molecule has 0 unspecified atom stereocenters. The second-order valence-corrected chi connectivity index (χ2v) is 3.92. The zero-order valence-electron chi connectivity index (χ0n) is 10.4. The van der Waals surface area contributed by atoms with Crippen molar-refractivity contribution in [2.24, 2.45) is 0 Å². The zero-order chi connectivity index (χ0) is 13.8. The van der Waals surface area contributed by atoms with Gasteiger partial charge in [0.25, 0.3) is 11.8 Å². The van der Waals surface area contributed by atoms with Gasteiger partial charge >= 0.3 is 5.97 Å². The quantitative estimate of drug-likeness (QED) is 0.766. The summed E-state index contributed by atoms with van der Waals surface area (Å²) in [6.45, 7) is 2.38. The fourth-order valence-electron chi connectivity index (χ4n) is 1.65. The summed E-state index contributed by atoms with van der Waals surface area (Å²) in [5.74, 6) is -1.10. The maximum Gasteiger partial charge on any atom is 0.363 e. The van der Waals surface area contributed by atoms with E-state index in [4.69, 9.17) is 9.57 Å². The van der Waals surface area contributed by atoms with E-state index in [1.54, 1.807) is 12.1 Å². The fraction of sp³-hybridized carbons (Fsp3) is 0.308. The van der Waals surface area contributed by atoms with Crippen LogP contribution in [0.15, 0.2) is 24.3 Å². The molecule has 1 heterocycles. The zero-order valence-corrected chi connectivity index (χ0v) is 10.4. The lowest BCUT2D eigenvalue weighted by molar-refractivity contribution is -0.172. The van der Waals surface area contributed by atoms with Crippen LogP contribution in [0.1, 0.15) is 30.1 Å². The summed E-state index contributed by atoms with van der Waals surface area (Å²) in [6, 6.07) is 6.26. The van der Waals surface area contributed by atoms with Crippen molar-refractivity contribution in [1.82, 2.24) is 5.06 Å². The highest BCUT2D eigenvalue weighted by Crippen LogP contribution is 2.16. The molecule has 0 atom stereocenters. The minimum atomic E-state index is -0.744. The summed E-state index contributed by atoms with van der Waals surface area (Å²) < 4.78 is 5.24. The highest BCUT2D eigenvalue weighted by Gasteiger charge is 2.33. The molecule has 0 radical (unpaired) electrons. The van der Waals surface area contributed by atoms with Crippen LogP contribution in [0.25, 0.3) is 0 Å². The molecule has 0 aliphatic carbocycles. The number of hydrogen-bond donors (Lipinski definition) is 0. The monoisotopic (exact) mass is 263 g/mol. The van der Waals surface area contributed by atoms with Crippen LogP contribution in [-0.4, -0.2) is 29.5 Å². The Labute approximate surface area is 109 Å². The summed E-state index contributed by atoms with van der Waals surface area (Å²) in [7, 11) is 0. The molecule has 1 aliphatic heterocycles. The molecule has 1 saturated heterocycles. The minimum absolute atomic E-state index is 0.0788. The predicted molar refractivity (Wildman–Crippen MR) is 64.1 cm³/mol. The summed E-state index contributed by atoms with van der Waals surface area (Å²) in [5.41, 5.74) is 0.246. The number of ether oxygens (including phenoxy) is 1. The van der Waals surface area contributed by atoms with Crippen LogP contribution >= 0.6 is 0 Å². The van der Waals surface area contributed by atoms with E-state index in [1.165, 1.54) is 12.1 Å². The topological polar surface area (TPSA) is 72.9 Å². The highest BCUT2D eigenvalue weighted by atomic mass is 16.7. The molecule has 0 saturated carbocycles. The van der Waals surface area contributed by atoms with Gasteiger partial charge in [-0.3, -0.25) is 9.59 Å². The lowest BCUT2D eigenvalue weighted by Gasteiger charge is -2.12. The van der Waals surface area contributed by atoms with Crippen LogP contribution in [0.4, 0.5) is 0 Å². The van der Waals surface area contributed by atoms with E-state index in [0.29, 0.717) is 17.4 Å². The molecule has 0 aromatic heterocycles. The molecule has 1 fully saturated rings. The molecule has 1 aromatic carbocycles. The van der Waals surface area contributed by atoms with Crippen LogP contribution in [0.5, 0.6) is 5.75 Å². The van der Waals surface area contributed by atoms with E-state index in [0.717, 1.165) is 0 Å². The van der Waals surface area contributed by atoms with Gasteiger partial charge in [-0.1, -0.05) is 0 Å². The van der Waals surface area contributed by atoms with Crippen LogP contribution in [0, 0.1) is 0 Å². The van der Waals surface area contributed by atoms with Crippen molar-refractivity contribution in [3.63, 3.8) is 0 Å². The number of nitrogens with zero attached hydrogens (tertiary/aromatic N) is 1. The van der Waals surface area contributed by atoms with Gasteiger partial charge < -0.3 is 9.57 Å². The molecule has 6 nitrogen and oxygen atoms in total. The number of carbonyl (C=O) groups excluding carboxylic acids is 3. The largest absolute Gasteiger partial charge is 0.494 e. The van der Waals surface area contributed by atoms with Crippen LogP contribution in [-0.2, 0) is 14.4 Å². The summed E-state index contributed by atoms with van der Waals surface area (Å²) in [6.07, 6.45) is 0.158. The van der Waals surface area contributed by atoms with Gasteiger partial charge in [-0.15, -0.1) is 5.06 Å². The first kappa shape index (κ1) is 13.1. The second kappa shape index (κ2) is 5.51. The van der Waals surface area contributed by atoms with Gasteiger partial charge in [-0.2, -0.15) is 0 Å². The van der Waals surface area contributed by atoms with E-state index in [9.17, 15) is 14.4 Å². The lowest BCUT2D eigenvalue weighted by Crippen LogP contribution is -2.32. The van der Waals surface area contributed by atoms with Crippen molar-refractivity contribution in [1.29, 1.82) is 0 Å². The average Bonchev–Trinajstić information content (AvgIpc) is 2.72. The van der Waals surface area contributed by atoms with Crippen molar-refractivity contribution < 1.29 is 24.0 Å². The summed E-state index contributed by atoms with van der Waals surface area (Å²) >= 11 is 0. The standard InChI is InChI=1S/C13H13NO5/c1-2-18-10-5-3-9(4-6-10)13(17)19-14-11(15)7-8-12(14)16/h3-6H,2,7-8H2,1H3. The smallest absolute Gasteiger partial charge is 0.363 e. The molecule has 2 amide bonds. The number of hydrogen-bond acceptors (Lipinski definition) is 5. The molecule has 1 aliphatic rings. The summed E-state index contributed by atoms with van der Waals surface area (Å²) in [4.78, 5) is 39.1. The van der Waals surface area contributed by atoms with Gasteiger partial charge in [-0.05, 0) is 31.2 Å². The Bertz CT molecular complexity index is 492. The molecule has 0 bridgehead atoms. The van der Waals surface area contributed by atoms with Crippen LogP contribution in [0.3, 0.4) is 0 Å². The van der Waals surface area contributed by atoms with E-state index in [-0.39, 0.29) is 18.4 Å². The number of benzene rings is 1. The second-order valence-electron chi connectivity index (χ2n) is 3.92. The van der Waals surface area contributed by atoms with Crippen molar-refractivity contribution in [2.45, 2.75) is 19.8 Å². The minimum Gasteiger partial charge on any atom is -0.494 e. The Morgan fingerprint density at radius 1 is 1.16 bits per heavy atom. The lowest BCUT2D eigenvalue weighted by atomic mass is 10.2. The first-order chi connectivity index (χ1) is 9.11. The van der Waals surface area contributed by atoms with Gasteiger partial charge in [0.2, 0.25) is 0 Å². The molecule has 0 spiro atoms. The number of amides is 2. The molecule has 19 heavy (non-hydrogen) atoms. The van der Waals surface area contributed by atoms with Crippen LogP contribution in [0.2, 0.25) is 0 Å². The van der Waals surface area contributed by atoms with E-state index < -0.39 is 17.8 Å². The van der Waals surface area contributed by atoms with Crippen molar-refractivity contribution in [2.75, 3.05) is 6.61 Å². The summed E-state index contributed by atoms with van der Waals surface area (Å²) in [5, 5.41) is 0.527. The molecular weight excluding hydrogens is 250 g/mol. The third-order valence-corrected chi connectivity index (χ3v) is 2.58. The highest BCUT2D eigenvalue weighted by molar-refractivity contribution is 6.02. The van der Waals surface area contributed by atoms with Crippen molar-refractivity contribution in [3.8, 4) is 5.75 Å². The van der Waals surface area contributed by atoms with Crippen LogP contribution < -0.4 is 4.74 Å². The SMILES string of the molecule is CCOc1ccc(C(=O)ON2C(=O)CCC2=O)cc1. The normalized spacial score (nSPS) is 14.7. The Balaban J connectivity index is 2.03. The molecule has 1 aromatic rings. The molecule has 2 rings (SSSR count). The van der Waals surface area contributed by atoms with Crippen molar-refractivity contribution in [3.05, 3.63) is 29.8 Å². The van der Waals surface area contributed by atoms with Gasteiger partial charge in [0.05, 0.1) is 12.2 Å². The Hall–Kier alpha value is -2.37. The average molecular weight is 263 g/mol. The number of imide groups is 1. The number of hydroxylamine groups is 2. The molecule has 0 N–H and O–H groups in total. The van der Waals surface area contributed by atoms with Gasteiger partial charge in [0.15, 0.2) is 0 Å². The first-order valence-electron chi connectivity index (χ1n) is 5.92. The molecular formula is C13H13NO5. The van der Waals surface area contributed by atoms with Crippen molar-refractivity contribution >= 4 is 17.8 Å². The molecule has 100 valence electrons. The van der Waals surface area contributed by atoms with Gasteiger partial charge in [0, 0.05) is 12.8 Å². The number of rotatable bonds is 4. The first-order valence-corrected chi connectivity index (χ1v) is 5.92. The van der Waals surface area contributed by atoms with E-state index >= 15 is 0 Å². The molecule has 6 heteroatoms. The Morgan fingerprint density at radius 3 is 2.26 bits per heavy atom. The Morgan fingerprint density at radius 2 is 1.74 bits per heavy atom. The third kappa shape index (κ3) is 2.90. The fourth-order valence-corrected chi connectivity index (χ4v) is 1.65. The third-order valence-electron chi connectivity index (χ3n) is 2.58. The van der Waals surface area contributed by atoms with Gasteiger partial charge in [0.1, 0.15) is 5.75 Å². The van der Waals surface area contributed by atoms with Gasteiger partial charge in [-0.25, -0.2) is 4.79 Å². The maximum atomic E-state index is 11.8. The maximum absolute atomic E-state index is 11.8. The number of carbonyl (C=O) groups is 3. The van der Waals surface area contributed by atoms with E-state index in [1.807, 2.05) is 6.92 Å². The Kier molecular flexibility index (Phi) is 3.79. The van der Waals surface area contributed by atoms with E-state index in [2.05, 4.69) is 0 Å². The predicted octanol–water partition coefficient (Wildman–Crippen LogP) is 1.31.